The second-order valence-electron chi connectivity index (χ2n) is 13.1. The fraction of sp³-hybridized carbons (Fsp3) is 1.00. The second kappa shape index (κ2) is 9.06. The second-order valence-corrected chi connectivity index (χ2v) is 13.1. The average molecular weight is 513 g/mol. The molecule has 0 aromatic heterocycles. The summed E-state index contributed by atoms with van der Waals surface area (Å²) in [4.78, 5) is 0. The molecule has 0 aromatic rings. The standard InChI is InChI=1S/C27H42F6O2/c1-16(5-4-6-22(34)26(28,29)30)19-9-10-20-18-8-7-17-15-25(35,27(31,32)33)14-13-23(17,2)21(18)11-12-24(19,20)3/h16-22,34-35H,4-15H2,1-3H3/t16-,17+,18+,19-,20+,21+,22+,23+,24-,25+/m1/s1. The Hall–Kier alpha value is -0.500. The van der Waals surface area contributed by atoms with Gasteiger partial charge in [0.2, 0.25) is 0 Å². The molecule has 0 aromatic carbocycles. The molecular formula is C27H42F6O2. The SMILES string of the molecule is C[C@H](CCC[C@H](O)C(F)(F)F)[C@H]1CC[C@H]2[C@@H]3CC[C@H]4C[C@](O)(C(F)(F)F)CC[C@]4(C)[C@H]3CC[C@]12C. The summed E-state index contributed by atoms with van der Waals surface area (Å²) in [5.41, 5.74) is -2.60. The molecule has 204 valence electrons. The van der Waals surface area contributed by atoms with Crippen LogP contribution < -0.4 is 0 Å². The molecule has 4 fully saturated rings. The van der Waals surface area contributed by atoms with Gasteiger partial charge in [-0.05, 0) is 111 Å². The van der Waals surface area contributed by atoms with Gasteiger partial charge in [0.05, 0.1) is 0 Å². The van der Waals surface area contributed by atoms with Gasteiger partial charge in [0.1, 0.15) is 6.10 Å². The van der Waals surface area contributed by atoms with Gasteiger partial charge in [-0.15, -0.1) is 0 Å². The first-order valence-corrected chi connectivity index (χ1v) is 13.6. The summed E-state index contributed by atoms with van der Waals surface area (Å²) in [5.74, 6) is 1.99. The Morgan fingerprint density at radius 2 is 1.49 bits per heavy atom. The van der Waals surface area contributed by atoms with Crippen LogP contribution >= 0.6 is 0 Å². The van der Waals surface area contributed by atoms with Crippen molar-refractivity contribution in [3.63, 3.8) is 0 Å². The molecule has 8 heteroatoms. The zero-order valence-corrected chi connectivity index (χ0v) is 21.2. The minimum atomic E-state index is -4.58. The Labute approximate surface area is 205 Å². The van der Waals surface area contributed by atoms with E-state index in [0.29, 0.717) is 42.9 Å². The van der Waals surface area contributed by atoms with E-state index in [1.807, 2.05) is 0 Å². The smallest absolute Gasteiger partial charge is 0.384 e. The van der Waals surface area contributed by atoms with Gasteiger partial charge in [0.15, 0.2) is 5.60 Å². The molecule has 10 atom stereocenters. The number of aliphatic hydroxyl groups excluding tert-OH is 1. The molecule has 0 unspecified atom stereocenters. The molecule has 0 spiro atoms. The number of aliphatic hydroxyl groups is 2. The summed E-state index contributed by atoms with van der Waals surface area (Å²) >= 11 is 0. The van der Waals surface area contributed by atoms with Gasteiger partial charge in [-0.1, -0.05) is 33.6 Å². The highest BCUT2D eigenvalue weighted by molar-refractivity contribution is 5.11. The quantitative estimate of drug-likeness (QED) is 0.371. The number of hydrogen-bond donors (Lipinski definition) is 2. The summed E-state index contributed by atoms with van der Waals surface area (Å²) < 4.78 is 78.6. The summed E-state index contributed by atoms with van der Waals surface area (Å²) in [5, 5.41) is 19.7. The number of alkyl halides is 6. The van der Waals surface area contributed by atoms with Crippen LogP contribution in [0.1, 0.15) is 97.8 Å². The first-order valence-electron chi connectivity index (χ1n) is 13.6. The zero-order chi connectivity index (χ0) is 26.0. The van der Waals surface area contributed by atoms with Crippen molar-refractivity contribution in [1.82, 2.24) is 0 Å². The highest BCUT2D eigenvalue weighted by atomic mass is 19.4. The lowest BCUT2D eigenvalue weighted by atomic mass is 9.43. The molecular weight excluding hydrogens is 470 g/mol. The predicted octanol–water partition coefficient (Wildman–Crippen LogP) is 7.67. The molecule has 35 heavy (non-hydrogen) atoms. The number of rotatable bonds is 5. The van der Waals surface area contributed by atoms with Crippen molar-refractivity contribution in [2.75, 3.05) is 0 Å². The third kappa shape index (κ3) is 4.66. The monoisotopic (exact) mass is 512 g/mol. The van der Waals surface area contributed by atoms with E-state index in [9.17, 15) is 36.6 Å². The van der Waals surface area contributed by atoms with E-state index in [4.69, 9.17) is 0 Å². The van der Waals surface area contributed by atoms with E-state index in [1.54, 1.807) is 0 Å². The van der Waals surface area contributed by atoms with Crippen LogP contribution in [0.25, 0.3) is 0 Å². The van der Waals surface area contributed by atoms with Crippen molar-refractivity contribution in [2.24, 2.45) is 46.3 Å². The summed E-state index contributed by atoms with van der Waals surface area (Å²) in [6.07, 6.45) is -4.79. The number of fused-ring (bicyclic) bond motifs is 5. The Kier molecular flexibility index (Phi) is 7.13. The van der Waals surface area contributed by atoms with E-state index >= 15 is 0 Å². The van der Waals surface area contributed by atoms with Crippen molar-refractivity contribution in [1.29, 1.82) is 0 Å². The Balaban J connectivity index is 1.42. The Bertz CT molecular complexity index is 768. The highest BCUT2D eigenvalue weighted by Crippen LogP contribution is 2.69. The van der Waals surface area contributed by atoms with Crippen LogP contribution in [0.15, 0.2) is 0 Å². The predicted molar refractivity (Wildman–Crippen MR) is 121 cm³/mol. The van der Waals surface area contributed by atoms with Gasteiger partial charge in [0.25, 0.3) is 0 Å². The maximum atomic E-state index is 13.6. The molecule has 4 rings (SSSR count). The molecule has 2 nitrogen and oxygen atoms in total. The molecule has 0 amide bonds. The van der Waals surface area contributed by atoms with Gasteiger partial charge in [-0.3, -0.25) is 0 Å². The lowest BCUT2D eigenvalue weighted by Gasteiger charge is -2.62. The van der Waals surface area contributed by atoms with Crippen molar-refractivity contribution in [3.05, 3.63) is 0 Å². The minimum absolute atomic E-state index is 0.107. The van der Waals surface area contributed by atoms with Gasteiger partial charge < -0.3 is 10.2 Å². The van der Waals surface area contributed by atoms with Crippen molar-refractivity contribution in [3.8, 4) is 0 Å². The lowest BCUT2D eigenvalue weighted by Crippen LogP contribution is -2.59. The normalized spacial score (nSPS) is 45.9. The third-order valence-electron chi connectivity index (χ3n) is 11.5. The molecule has 0 heterocycles. The zero-order valence-electron chi connectivity index (χ0n) is 21.2. The molecule has 0 radical (unpaired) electrons. The van der Waals surface area contributed by atoms with E-state index in [1.165, 1.54) is 0 Å². The molecule has 4 aliphatic carbocycles. The van der Waals surface area contributed by atoms with Crippen LogP contribution in [0.5, 0.6) is 0 Å². The van der Waals surface area contributed by atoms with E-state index in [-0.39, 0.29) is 41.9 Å². The molecule has 0 saturated heterocycles. The van der Waals surface area contributed by atoms with Gasteiger partial charge in [-0.25, -0.2) is 0 Å². The van der Waals surface area contributed by atoms with E-state index < -0.39 is 24.1 Å². The summed E-state index contributed by atoms with van der Waals surface area (Å²) in [6.45, 7) is 6.67. The average Bonchev–Trinajstić information content (AvgIpc) is 3.10. The fourth-order valence-electron chi connectivity index (χ4n) is 9.48. The van der Waals surface area contributed by atoms with Crippen molar-refractivity contribution in [2.45, 2.75) is 122 Å². The van der Waals surface area contributed by atoms with Gasteiger partial charge in [0, 0.05) is 0 Å². The first-order chi connectivity index (χ1) is 16.0. The third-order valence-corrected chi connectivity index (χ3v) is 11.5. The topological polar surface area (TPSA) is 40.5 Å². The lowest BCUT2D eigenvalue weighted by molar-refractivity contribution is -0.290. The van der Waals surface area contributed by atoms with Crippen LogP contribution in [-0.2, 0) is 0 Å². The van der Waals surface area contributed by atoms with Crippen LogP contribution in [-0.4, -0.2) is 34.3 Å². The largest absolute Gasteiger partial charge is 0.417 e. The number of halogens is 6. The van der Waals surface area contributed by atoms with Crippen molar-refractivity contribution >= 4 is 0 Å². The molecule has 0 aliphatic heterocycles. The van der Waals surface area contributed by atoms with E-state index in [2.05, 4.69) is 20.8 Å². The Morgan fingerprint density at radius 1 is 0.829 bits per heavy atom. The number of hydrogen-bond acceptors (Lipinski definition) is 2. The maximum Gasteiger partial charge on any atom is 0.417 e. The fourth-order valence-corrected chi connectivity index (χ4v) is 9.48. The van der Waals surface area contributed by atoms with Gasteiger partial charge >= 0.3 is 12.4 Å². The maximum absolute atomic E-state index is 13.6. The first kappa shape index (κ1) is 27.5. The minimum Gasteiger partial charge on any atom is -0.384 e. The molecule has 0 bridgehead atoms. The van der Waals surface area contributed by atoms with Crippen LogP contribution in [0.2, 0.25) is 0 Å². The summed E-state index contributed by atoms with van der Waals surface area (Å²) in [6, 6.07) is 0. The highest BCUT2D eigenvalue weighted by Gasteiger charge is 2.65. The van der Waals surface area contributed by atoms with Crippen LogP contribution in [0.4, 0.5) is 26.3 Å². The van der Waals surface area contributed by atoms with Crippen LogP contribution in [0.3, 0.4) is 0 Å². The van der Waals surface area contributed by atoms with Crippen LogP contribution in [0, 0.1) is 46.3 Å². The Morgan fingerprint density at radius 3 is 2.11 bits per heavy atom. The molecule has 4 aliphatic rings. The van der Waals surface area contributed by atoms with Crippen molar-refractivity contribution < 1.29 is 36.6 Å². The van der Waals surface area contributed by atoms with E-state index in [0.717, 1.165) is 38.5 Å². The van der Waals surface area contributed by atoms with Gasteiger partial charge in [-0.2, -0.15) is 26.3 Å². The summed E-state index contributed by atoms with van der Waals surface area (Å²) in [7, 11) is 0. The molecule has 2 N–H and O–H groups in total. The molecule has 4 saturated carbocycles.